The Kier molecular flexibility index (Phi) is 4.44. The van der Waals surface area contributed by atoms with Crippen LogP contribution < -0.4 is 15.2 Å². The maximum atomic E-state index is 5.93. The third kappa shape index (κ3) is 3.60. The molecule has 0 amide bonds. The van der Waals surface area contributed by atoms with Crippen LogP contribution in [-0.2, 0) is 0 Å². The van der Waals surface area contributed by atoms with Crippen molar-refractivity contribution < 1.29 is 9.47 Å². The summed E-state index contributed by atoms with van der Waals surface area (Å²) in [6.07, 6.45) is 1.66. The second-order valence-electron chi connectivity index (χ2n) is 5.42. The van der Waals surface area contributed by atoms with Crippen LogP contribution in [0.25, 0.3) is 10.8 Å². The Bertz CT molecular complexity index is 798. The van der Waals surface area contributed by atoms with Crippen LogP contribution in [0.4, 0.5) is 0 Å². The molecule has 3 rings (SSSR count). The predicted molar refractivity (Wildman–Crippen MR) is 92.0 cm³/mol. The number of nitrogens with zero attached hydrogens (tertiary/aromatic N) is 1. The van der Waals surface area contributed by atoms with E-state index in [1.807, 2.05) is 38.1 Å². The molecule has 0 fully saturated rings. The summed E-state index contributed by atoms with van der Waals surface area (Å²) < 4.78 is 11.2. The lowest BCUT2D eigenvalue weighted by Gasteiger charge is -2.10. The highest BCUT2D eigenvalue weighted by molar-refractivity contribution is 5.84. The van der Waals surface area contributed by atoms with Crippen LogP contribution in [0, 0.1) is 0 Å². The quantitative estimate of drug-likeness (QED) is 0.756. The maximum absolute atomic E-state index is 5.93. The van der Waals surface area contributed by atoms with Crippen LogP contribution >= 0.6 is 0 Å². The van der Waals surface area contributed by atoms with Crippen molar-refractivity contribution in [2.45, 2.75) is 19.9 Å². The lowest BCUT2D eigenvalue weighted by Crippen LogP contribution is -2.04. The van der Waals surface area contributed by atoms with Gasteiger partial charge in [-0.15, -0.1) is 0 Å². The van der Waals surface area contributed by atoms with E-state index in [9.17, 15) is 0 Å². The lowest BCUT2D eigenvalue weighted by molar-refractivity contribution is 0.325. The topological polar surface area (TPSA) is 57.4 Å². The minimum Gasteiger partial charge on any atom is -0.478 e. The summed E-state index contributed by atoms with van der Waals surface area (Å²) in [5.41, 5.74) is 7.06. The molecule has 0 radical (unpaired) electrons. The van der Waals surface area contributed by atoms with Gasteiger partial charge in [0.15, 0.2) is 0 Å². The van der Waals surface area contributed by atoms with Gasteiger partial charge in [0.05, 0.1) is 12.8 Å². The van der Waals surface area contributed by atoms with Crippen molar-refractivity contribution in [3.8, 4) is 17.4 Å². The monoisotopic (exact) mass is 308 g/mol. The Hall–Kier alpha value is -2.59. The maximum Gasteiger partial charge on any atom is 0.213 e. The minimum atomic E-state index is 0.0326. The number of rotatable bonds is 5. The second kappa shape index (κ2) is 6.67. The standard InChI is InChI=1S/C19H20N2O2/c1-3-22-19-9-8-18(12-21-19)23-17-7-6-15-10-14(13(2)20)4-5-16(15)11-17/h4-13H,3,20H2,1-2H3. The van der Waals surface area contributed by atoms with Gasteiger partial charge in [0.25, 0.3) is 0 Å². The number of nitrogens with two attached hydrogens (primary N) is 1. The van der Waals surface area contributed by atoms with E-state index in [2.05, 4.69) is 23.2 Å². The molecular weight excluding hydrogens is 288 g/mol. The van der Waals surface area contributed by atoms with Crippen LogP contribution in [-0.4, -0.2) is 11.6 Å². The lowest BCUT2D eigenvalue weighted by atomic mass is 10.0. The van der Waals surface area contributed by atoms with Gasteiger partial charge >= 0.3 is 0 Å². The number of pyridine rings is 1. The van der Waals surface area contributed by atoms with Crippen LogP contribution in [0.1, 0.15) is 25.5 Å². The molecule has 0 aliphatic rings. The van der Waals surface area contributed by atoms with Crippen molar-refractivity contribution in [1.82, 2.24) is 4.98 Å². The molecule has 0 aliphatic heterocycles. The SMILES string of the molecule is CCOc1ccc(Oc2ccc3cc(C(C)N)ccc3c2)cn1. The van der Waals surface area contributed by atoms with Crippen molar-refractivity contribution >= 4 is 10.8 Å². The number of aromatic nitrogens is 1. The summed E-state index contributed by atoms with van der Waals surface area (Å²) in [4.78, 5) is 4.20. The fraction of sp³-hybridized carbons (Fsp3) is 0.211. The van der Waals surface area contributed by atoms with Crippen LogP contribution in [0.5, 0.6) is 17.4 Å². The van der Waals surface area contributed by atoms with Crippen molar-refractivity contribution in [3.63, 3.8) is 0 Å². The first-order valence-electron chi connectivity index (χ1n) is 7.71. The van der Waals surface area contributed by atoms with E-state index < -0.39 is 0 Å². The molecule has 2 aromatic carbocycles. The molecule has 0 bridgehead atoms. The van der Waals surface area contributed by atoms with Gasteiger partial charge in [-0.1, -0.05) is 18.2 Å². The highest BCUT2D eigenvalue weighted by atomic mass is 16.5. The molecule has 2 N–H and O–H groups in total. The molecule has 0 saturated heterocycles. The van der Waals surface area contributed by atoms with Crippen molar-refractivity contribution in [3.05, 3.63) is 60.3 Å². The summed E-state index contributed by atoms with van der Waals surface area (Å²) in [7, 11) is 0. The van der Waals surface area contributed by atoms with E-state index in [0.29, 0.717) is 18.2 Å². The average molecular weight is 308 g/mol. The summed E-state index contributed by atoms with van der Waals surface area (Å²) >= 11 is 0. The molecule has 1 heterocycles. The fourth-order valence-corrected chi connectivity index (χ4v) is 2.39. The van der Waals surface area contributed by atoms with Crippen molar-refractivity contribution in [2.24, 2.45) is 5.73 Å². The molecule has 23 heavy (non-hydrogen) atoms. The third-order valence-electron chi connectivity index (χ3n) is 3.60. The molecule has 1 atom stereocenters. The average Bonchev–Trinajstić information content (AvgIpc) is 2.56. The summed E-state index contributed by atoms with van der Waals surface area (Å²) in [5.74, 6) is 2.05. The molecule has 1 aromatic heterocycles. The zero-order valence-electron chi connectivity index (χ0n) is 13.3. The van der Waals surface area contributed by atoms with Gasteiger partial charge < -0.3 is 15.2 Å². The Morgan fingerprint density at radius 1 is 1.00 bits per heavy atom. The molecule has 118 valence electrons. The summed E-state index contributed by atoms with van der Waals surface area (Å²) in [5, 5.41) is 2.27. The molecule has 4 nitrogen and oxygen atoms in total. The van der Waals surface area contributed by atoms with Crippen LogP contribution in [0.15, 0.2) is 54.7 Å². The summed E-state index contributed by atoms with van der Waals surface area (Å²) in [6, 6.07) is 15.9. The molecule has 0 spiro atoms. The highest BCUT2D eigenvalue weighted by Crippen LogP contribution is 2.27. The number of benzene rings is 2. The minimum absolute atomic E-state index is 0.0326. The number of fused-ring (bicyclic) bond motifs is 1. The van der Waals surface area contributed by atoms with Gasteiger partial charge in [0.2, 0.25) is 5.88 Å². The Morgan fingerprint density at radius 2 is 1.74 bits per heavy atom. The third-order valence-corrected chi connectivity index (χ3v) is 3.60. The van der Waals surface area contributed by atoms with Gasteiger partial charge in [0.1, 0.15) is 11.5 Å². The second-order valence-corrected chi connectivity index (χ2v) is 5.42. The number of hydrogen-bond donors (Lipinski definition) is 1. The zero-order chi connectivity index (χ0) is 16.2. The first-order valence-corrected chi connectivity index (χ1v) is 7.71. The van der Waals surface area contributed by atoms with Crippen molar-refractivity contribution in [1.29, 1.82) is 0 Å². The van der Waals surface area contributed by atoms with E-state index >= 15 is 0 Å². The fourth-order valence-electron chi connectivity index (χ4n) is 2.39. The van der Waals surface area contributed by atoms with E-state index in [4.69, 9.17) is 15.2 Å². The van der Waals surface area contributed by atoms with E-state index in [1.54, 1.807) is 12.3 Å². The zero-order valence-corrected chi connectivity index (χ0v) is 13.3. The molecule has 0 saturated carbocycles. The Labute approximate surface area is 135 Å². The number of hydrogen-bond acceptors (Lipinski definition) is 4. The molecule has 1 unspecified atom stereocenters. The predicted octanol–water partition coefficient (Wildman–Crippen LogP) is 4.45. The molecule has 0 aliphatic carbocycles. The van der Waals surface area contributed by atoms with Gasteiger partial charge in [0, 0.05) is 12.1 Å². The number of ether oxygens (including phenoxy) is 2. The first kappa shape index (κ1) is 15.3. The van der Waals surface area contributed by atoms with Gasteiger partial charge in [-0.3, -0.25) is 0 Å². The van der Waals surface area contributed by atoms with E-state index in [0.717, 1.165) is 22.1 Å². The Morgan fingerprint density at radius 3 is 2.43 bits per heavy atom. The largest absolute Gasteiger partial charge is 0.478 e. The Balaban J connectivity index is 1.81. The van der Waals surface area contributed by atoms with Gasteiger partial charge in [-0.05, 0) is 54.4 Å². The first-order chi connectivity index (χ1) is 11.2. The van der Waals surface area contributed by atoms with Crippen LogP contribution in [0.2, 0.25) is 0 Å². The smallest absolute Gasteiger partial charge is 0.213 e. The van der Waals surface area contributed by atoms with Crippen molar-refractivity contribution in [2.75, 3.05) is 6.61 Å². The molecular formula is C19H20N2O2. The normalized spacial score (nSPS) is 12.1. The summed E-state index contributed by atoms with van der Waals surface area (Å²) in [6.45, 7) is 4.51. The van der Waals surface area contributed by atoms with E-state index in [-0.39, 0.29) is 6.04 Å². The van der Waals surface area contributed by atoms with Gasteiger partial charge in [-0.25, -0.2) is 4.98 Å². The van der Waals surface area contributed by atoms with Crippen LogP contribution in [0.3, 0.4) is 0 Å². The molecule has 4 heteroatoms. The van der Waals surface area contributed by atoms with E-state index in [1.165, 1.54) is 0 Å². The van der Waals surface area contributed by atoms with Gasteiger partial charge in [-0.2, -0.15) is 0 Å². The highest BCUT2D eigenvalue weighted by Gasteiger charge is 2.04. The molecule has 3 aromatic rings.